The fraction of sp³-hybridized carbons (Fsp3) is 0.500. The van der Waals surface area contributed by atoms with Crippen LogP contribution in [0, 0.1) is 0 Å². The van der Waals surface area contributed by atoms with Gasteiger partial charge in [0.05, 0.1) is 6.61 Å². The molecule has 0 amide bonds. The van der Waals surface area contributed by atoms with Crippen LogP contribution in [0.15, 0.2) is 21.9 Å². The Morgan fingerprint density at radius 2 is 2.29 bits per heavy atom. The van der Waals surface area contributed by atoms with Crippen molar-refractivity contribution in [2.24, 2.45) is 0 Å². The van der Waals surface area contributed by atoms with Crippen LogP contribution in [0.5, 0.6) is 0 Å². The number of aromatic nitrogens is 2. The molecule has 14 heavy (non-hydrogen) atoms. The van der Waals surface area contributed by atoms with Crippen LogP contribution < -0.4 is 11.2 Å². The quantitative estimate of drug-likeness (QED) is 0.634. The molecule has 2 unspecified atom stereocenters. The molecule has 0 bridgehead atoms. The van der Waals surface area contributed by atoms with E-state index in [1.54, 1.807) is 11.8 Å². The van der Waals surface area contributed by atoms with E-state index >= 15 is 0 Å². The van der Waals surface area contributed by atoms with E-state index in [9.17, 15) is 9.59 Å². The maximum Gasteiger partial charge on any atom is 0.328 e. The molecule has 1 saturated heterocycles. The number of rotatable bonds is 3. The molecule has 0 aromatic carbocycles. The first-order valence-corrected chi connectivity index (χ1v) is 5.21. The van der Waals surface area contributed by atoms with Crippen LogP contribution in [0.25, 0.3) is 0 Å². The molecule has 2 heterocycles. The smallest absolute Gasteiger partial charge is 0.328 e. The number of aromatic amines is 1. The van der Waals surface area contributed by atoms with Crippen molar-refractivity contribution >= 4 is 11.8 Å². The lowest BCUT2D eigenvalue weighted by Gasteiger charge is -2.01. The van der Waals surface area contributed by atoms with E-state index in [0.29, 0.717) is 11.8 Å². The molecule has 1 aromatic rings. The maximum atomic E-state index is 11.2. The summed E-state index contributed by atoms with van der Waals surface area (Å²) >= 11 is 1.64. The normalized spacial score (nSPS) is 24.9. The zero-order chi connectivity index (χ0) is 10.1. The lowest BCUT2D eigenvalue weighted by atomic mass is 10.3. The summed E-state index contributed by atoms with van der Waals surface area (Å²) in [6.45, 7) is 0.693. The Morgan fingerprint density at radius 1 is 1.50 bits per heavy atom. The van der Waals surface area contributed by atoms with Crippen molar-refractivity contribution in [3.05, 3.63) is 33.1 Å². The minimum absolute atomic E-state index is 0.146. The van der Waals surface area contributed by atoms with E-state index in [2.05, 4.69) is 4.98 Å². The van der Waals surface area contributed by atoms with Crippen LogP contribution >= 0.6 is 11.8 Å². The monoisotopic (exact) mass is 214 g/mol. The van der Waals surface area contributed by atoms with E-state index in [4.69, 9.17) is 5.11 Å². The minimum atomic E-state index is -0.387. The average molecular weight is 214 g/mol. The van der Waals surface area contributed by atoms with Gasteiger partial charge in [0.1, 0.15) is 0 Å². The zero-order valence-electron chi connectivity index (χ0n) is 7.34. The number of nitrogens with zero attached hydrogens (tertiary/aromatic N) is 1. The molecule has 0 saturated carbocycles. The Bertz CT molecular complexity index is 439. The molecule has 0 radical (unpaired) electrons. The van der Waals surface area contributed by atoms with Crippen LogP contribution in [0.3, 0.4) is 0 Å². The first-order valence-electron chi connectivity index (χ1n) is 4.27. The van der Waals surface area contributed by atoms with Crippen molar-refractivity contribution in [1.82, 2.24) is 9.55 Å². The molecule has 2 atom stereocenters. The Morgan fingerprint density at radius 3 is 2.86 bits per heavy atom. The van der Waals surface area contributed by atoms with Gasteiger partial charge in [0.25, 0.3) is 5.56 Å². The number of aliphatic hydroxyl groups excluding tert-OH is 1. The van der Waals surface area contributed by atoms with Gasteiger partial charge in [0, 0.05) is 29.3 Å². The highest BCUT2D eigenvalue weighted by Crippen LogP contribution is 2.41. The lowest BCUT2D eigenvalue weighted by molar-refractivity contribution is 0.300. The van der Waals surface area contributed by atoms with Gasteiger partial charge in [0.2, 0.25) is 0 Å². The summed E-state index contributed by atoms with van der Waals surface area (Å²) in [5.41, 5.74) is -0.768. The SMILES string of the molecule is O=c1ccn(CC2SC2CO)c(=O)[nH]1. The highest BCUT2D eigenvalue weighted by molar-refractivity contribution is 8.07. The third kappa shape index (κ3) is 1.91. The van der Waals surface area contributed by atoms with E-state index in [1.165, 1.54) is 16.8 Å². The third-order valence-corrected chi connectivity index (χ3v) is 3.48. The minimum Gasteiger partial charge on any atom is -0.395 e. The summed E-state index contributed by atoms with van der Waals surface area (Å²) in [4.78, 5) is 24.2. The highest BCUT2D eigenvalue weighted by atomic mass is 32.2. The van der Waals surface area contributed by atoms with E-state index in [-0.39, 0.29) is 23.1 Å². The maximum absolute atomic E-state index is 11.2. The van der Waals surface area contributed by atoms with Gasteiger partial charge in [-0.15, -0.1) is 11.8 Å². The van der Waals surface area contributed by atoms with Crippen LogP contribution in [-0.4, -0.2) is 31.8 Å². The van der Waals surface area contributed by atoms with Gasteiger partial charge in [0.15, 0.2) is 0 Å². The topological polar surface area (TPSA) is 75.1 Å². The van der Waals surface area contributed by atoms with Gasteiger partial charge in [-0.05, 0) is 0 Å². The molecule has 0 spiro atoms. The Hall–Kier alpha value is -1.01. The van der Waals surface area contributed by atoms with E-state index in [1.807, 2.05) is 0 Å². The fourth-order valence-corrected chi connectivity index (χ4v) is 2.15. The number of H-pyrrole nitrogens is 1. The molecule has 1 aromatic heterocycles. The molecule has 5 nitrogen and oxygen atoms in total. The Kier molecular flexibility index (Phi) is 2.47. The second kappa shape index (κ2) is 3.62. The zero-order valence-corrected chi connectivity index (χ0v) is 8.16. The molecule has 1 aliphatic rings. The van der Waals surface area contributed by atoms with Gasteiger partial charge < -0.3 is 5.11 Å². The second-order valence-corrected chi connectivity index (χ2v) is 4.64. The number of aliphatic hydroxyl groups is 1. The van der Waals surface area contributed by atoms with Gasteiger partial charge in [-0.3, -0.25) is 14.3 Å². The molecule has 2 rings (SSSR count). The van der Waals surface area contributed by atoms with Gasteiger partial charge in [-0.2, -0.15) is 0 Å². The number of hydrogen-bond donors (Lipinski definition) is 2. The largest absolute Gasteiger partial charge is 0.395 e. The molecule has 6 heteroatoms. The molecular formula is C8H10N2O3S. The summed E-state index contributed by atoms with van der Waals surface area (Å²) in [6.07, 6.45) is 1.48. The molecule has 1 aliphatic heterocycles. The van der Waals surface area contributed by atoms with Crippen molar-refractivity contribution in [2.75, 3.05) is 6.61 Å². The summed E-state index contributed by atoms with van der Waals surface area (Å²) in [7, 11) is 0. The number of hydrogen-bond acceptors (Lipinski definition) is 4. The Labute approximate surface area is 83.8 Å². The second-order valence-electron chi connectivity index (χ2n) is 3.16. The summed E-state index contributed by atoms with van der Waals surface area (Å²) in [6, 6.07) is 1.32. The van der Waals surface area contributed by atoms with Gasteiger partial charge in [-0.1, -0.05) is 0 Å². The summed E-state index contributed by atoms with van der Waals surface area (Å²) in [5, 5.41) is 9.34. The molecule has 1 fully saturated rings. The predicted octanol–water partition coefficient (Wildman–Crippen LogP) is -0.987. The molecule has 0 aliphatic carbocycles. The van der Waals surface area contributed by atoms with Crippen LogP contribution in [0.2, 0.25) is 0 Å². The van der Waals surface area contributed by atoms with Crippen LogP contribution in [0.1, 0.15) is 0 Å². The fourth-order valence-electron chi connectivity index (χ4n) is 1.28. The van der Waals surface area contributed by atoms with Gasteiger partial charge in [-0.25, -0.2) is 4.79 Å². The summed E-state index contributed by atoms with van der Waals surface area (Å²) in [5.74, 6) is 0. The Balaban J connectivity index is 2.11. The van der Waals surface area contributed by atoms with Crippen molar-refractivity contribution in [3.8, 4) is 0 Å². The van der Waals surface area contributed by atoms with Crippen molar-refractivity contribution in [3.63, 3.8) is 0 Å². The molecule has 2 N–H and O–H groups in total. The van der Waals surface area contributed by atoms with Crippen molar-refractivity contribution < 1.29 is 5.11 Å². The molecular weight excluding hydrogens is 204 g/mol. The van der Waals surface area contributed by atoms with Crippen molar-refractivity contribution in [2.45, 2.75) is 17.0 Å². The van der Waals surface area contributed by atoms with Crippen LogP contribution in [0.4, 0.5) is 0 Å². The lowest BCUT2D eigenvalue weighted by Crippen LogP contribution is -2.30. The van der Waals surface area contributed by atoms with Crippen molar-refractivity contribution in [1.29, 1.82) is 0 Å². The third-order valence-electron chi connectivity index (χ3n) is 2.14. The van der Waals surface area contributed by atoms with E-state index in [0.717, 1.165) is 0 Å². The average Bonchev–Trinajstić information content (AvgIpc) is 2.89. The van der Waals surface area contributed by atoms with Crippen LogP contribution in [-0.2, 0) is 6.54 Å². The first-order chi connectivity index (χ1) is 6.70. The van der Waals surface area contributed by atoms with Gasteiger partial charge >= 0.3 is 5.69 Å². The summed E-state index contributed by atoms with van der Waals surface area (Å²) < 4.78 is 1.45. The number of nitrogens with one attached hydrogen (secondary N) is 1. The first kappa shape index (κ1) is 9.54. The predicted molar refractivity (Wildman–Crippen MR) is 53.6 cm³/mol. The van der Waals surface area contributed by atoms with E-state index < -0.39 is 0 Å². The standard InChI is InChI=1S/C8H10N2O3S/c11-4-6-5(14-6)3-10-2-1-7(12)9-8(10)13/h1-2,5-6,11H,3-4H2,(H,9,12,13). The number of thioether (sulfide) groups is 1. The highest BCUT2D eigenvalue weighted by Gasteiger charge is 2.37. The molecule has 76 valence electrons.